The minimum atomic E-state index is -3.77. The van der Waals surface area contributed by atoms with Crippen LogP contribution in [0.25, 0.3) is 0 Å². The van der Waals surface area contributed by atoms with E-state index in [1.54, 1.807) is 0 Å². The van der Waals surface area contributed by atoms with Crippen molar-refractivity contribution in [2.24, 2.45) is 5.92 Å². The first-order valence-corrected chi connectivity index (χ1v) is 15.5. The van der Waals surface area contributed by atoms with Gasteiger partial charge in [-0.15, -0.1) is 0 Å². The zero-order valence-electron chi connectivity index (χ0n) is 22.7. The first-order valence-electron chi connectivity index (χ1n) is 13.6. The molecule has 1 aliphatic heterocycles. The minimum absolute atomic E-state index is 0.0524. The number of carbonyl (C=O) groups excluding carboxylic acids is 3. The SMILES string of the molecule is CCCC[C@H]([SiH2]NC(=O)OC(c1cccc(F)c1)C(F)(F)c1cccc(Cl)c1)C(=O)N[C@H](CO)C[C@@H]1CCNC1=O. The second kappa shape index (κ2) is 15.2. The Kier molecular flexibility index (Phi) is 12.0. The van der Waals surface area contributed by atoms with Crippen LogP contribution in [0, 0.1) is 11.7 Å². The minimum Gasteiger partial charge on any atom is -0.435 e. The lowest BCUT2D eigenvalue weighted by atomic mass is 9.97. The van der Waals surface area contributed by atoms with Gasteiger partial charge in [-0.25, -0.2) is 9.18 Å². The van der Waals surface area contributed by atoms with Gasteiger partial charge in [-0.3, -0.25) is 9.59 Å². The summed E-state index contributed by atoms with van der Waals surface area (Å²) in [6.45, 7) is 2.12. The van der Waals surface area contributed by atoms with Gasteiger partial charge in [0.15, 0.2) is 6.10 Å². The van der Waals surface area contributed by atoms with Gasteiger partial charge < -0.3 is 25.5 Å². The molecule has 224 valence electrons. The lowest BCUT2D eigenvalue weighted by molar-refractivity contribution is -0.125. The Hall–Kier alpha value is -3.09. The molecule has 41 heavy (non-hydrogen) atoms. The molecule has 1 aliphatic rings. The number of benzene rings is 2. The Labute approximate surface area is 244 Å². The number of hydrogen-bond acceptors (Lipinski definition) is 5. The van der Waals surface area contributed by atoms with Gasteiger partial charge in [0.25, 0.3) is 0 Å². The van der Waals surface area contributed by atoms with E-state index in [-0.39, 0.29) is 35.4 Å². The van der Waals surface area contributed by atoms with Crippen molar-refractivity contribution in [3.05, 3.63) is 70.5 Å². The molecule has 0 aromatic heterocycles. The van der Waals surface area contributed by atoms with Crippen LogP contribution in [0.1, 0.15) is 56.3 Å². The van der Waals surface area contributed by atoms with Crippen LogP contribution in [0.5, 0.6) is 0 Å². The van der Waals surface area contributed by atoms with Crippen molar-refractivity contribution in [2.45, 2.75) is 62.6 Å². The maximum absolute atomic E-state index is 15.7. The van der Waals surface area contributed by atoms with Crippen LogP contribution in [0.15, 0.2) is 48.5 Å². The van der Waals surface area contributed by atoms with Crippen LogP contribution in [0.2, 0.25) is 10.6 Å². The van der Waals surface area contributed by atoms with E-state index in [0.29, 0.717) is 25.8 Å². The predicted octanol–water partition coefficient (Wildman–Crippen LogP) is 4.10. The van der Waals surface area contributed by atoms with Gasteiger partial charge in [0, 0.05) is 34.2 Å². The van der Waals surface area contributed by atoms with Crippen LogP contribution in [0.4, 0.5) is 18.0 Å². The van der Waals surface area contributed by atoms with Crippen LogP contribution in [-0.4, -0.2) is 51.9 Å². The molecule has 3 rings (SSSR count). The Balaban J connectivity index is 1.71. The molecular formula is C28H35ClF3N3O5Si. The normalized spacial score (nSPS) is 17.6. The molecule has 1 unspecified atom stereocenters. The third kappa shape index (κ3) is 9.20. The zero-order valence-corrected chi connectivity index (χ0v) is 24.8. The molecule has 0 radical (unpaired) electrons. The fourth-order valence-corrected chi connectivity index (χ4v) is 6.19. The highest BCUT2D eigenvalue weighted by molar-refractivity contribution is 6.44. The van der Waals surface area contributed by atoms with Gasteiger partial charge in [-0.2, -0.15) is 8.78 Å². The predicted molar refractivity (Wildman–Crippen MR) is 151 cm³/mol. The van der Waals surface area contributed by atoms with Crippen LogP contribution in [0.3, 0.4) is 0 Å². The quantitative estimate of drug-likeness (QED) is 0.239. The summed E-state index contributed by atoms with van der Waals surface area (Å²) in [4.78, 5) is 40.4. The fourth-order valence-electron chi connectivity index (χ4n) is 4.71. The zero-order chi connectivity index (χ0) is 30.0. The highest BCUT2D eigenvalue weighted by Gasteiger charge is 2.46. The van der Waals surface area contributed by atoms with Crippen molar-refractivity contribution in [1.82, 2.24) is 15.6 Å². The number of nitrogens with one attached hydrogen (secondary N) is 3. The number of ether oxygens (including phenoxy) is 1. The van der Waals surface area contributed by atoms with Gasteiger partial charge >= 0.3 is 12.0 Å². The van der Waals surface area contributed by atoms with Crippen LogP contribution >= 0.6 is 11.6 Å². The van der Waals surface area contributed by atoms with Crippen molar-refractivity contribution >= 4 is 39.2 Å². The van der Waals surface area contributed by atoms with E-state index in [9.17, 15) is 23.9 Å². The maximum atomic E-state index is 15.7. The van der Waals surface area contributed by atoms with E-state index in [1.807, 2.05) is 6.92 Å². The molecule has 0 saturated carbocycles. The van der Waals surface area contributed by atoms with Crippen molar-refractivity contribution < 1.29 is 37.4 Å². The molecule has 1 saturated heterocycles. The third-order valence-electron chi connectivity index (χ3n) is 6.98. The first-order chi connectivity index (χ1) is 19.5. The summed E-state index contributed by atoms with van der Waals surface area (Å²) in [5.41, 5.74) is -1.39. The summed E-state index contributed by atoms with van der Waals surface area (Å²) >= 11 is 5.91. The first kappa shape index (κ1) is 32.4. The number of alkyl halides is 2. The molecule has 4 atom stereocenters. The average Bonchev–Trinajstić information content (AvgIpc) is 3.35. The summed E-state index contributed by atoms with van der Waals surface area (Å²) in [5, 5.41) is 15.3. The third-order valence-corrected chi connectivity index (χ3v) is 8.98. The maximum Gasteiger partial charge on any atom is 0.399 e. The number of aliphatic hydroxyl groups excluding tert-OH is 1. The van der Waals surface area contributed by atoms with Crippen molar-refractivity contribution in [1.29, 1.82) is 0 Å². The monoisotopic (exact) mass is 613 g/mol. The molecule has 13 heteroatoms. The molecule has 2 aromatic rings. The van der Waals surface area contributed by atoms with Crippen molar-refractivity contribution in [2.75, 3.05) is 13.2 Å². The molecule has 4 N–H and O–H groups in total. The van der Waals surface area contributed by atoms with Gasteiger partial charge in [-0.05, 0) is 43.5 Å². The Morgan fingerprint density at radius 3 is 2.63 bits per heavy atom. The lowest BCUT2D eigenvalue weighted by Crippen LogP contribution is -2.45. The van der Waals surface area contributed by atoms with E-state index in [0.717, 1.165) is 30.7 Å². The Morgan fingerprint density at radius 2 is 2.00 bits per heavy atom. The number of amides is 3. The van der Waals surface area contributed by atoms with E-state index < -0.39 is 56.7 Å². The summed E-state index contributed by atoms with van der Waals surface area (Å²) in [7, 11) is -1.76. The van der Waals surface area contributed by atoms with Gasteiger partial charge in [0.2, 0.25) is 11.8 Å². The summed E-state index contributed by atoms with van der Waals surface area (Å²) in [6, 6.07) is 8.70. The van der Waals surface area contributed by atoms with Gasteiger partial charge in [0.05, 0.1) is 12.6 Å². The number of halogens is 4. The van der Waals surface area contributed by atoms with E-state index in [1.165, 1.54) is 24.3 Å². The molecule has 2 aromatic carbocycles. The van der Waals surface area contributed by atoms with Crippen molar-refractivity contribution in [3.63, 3.8) is 0 Å². The molecule has 0 bridgehead atoms. The molecule has 8 nitrogen and oxygen atoms in total. The smallest absolute Gasteiger partial charge is 0.399 e. The summed E-state index contributed by atoms with van der Waals surface area (Å²) < 4.78 is 50.5. The Bertz CT molecular complexity index is 1210. The van der Waals surface area contributed by atoms with E-state index in [2.05, 4.69) is 15.6 Å². The molecule has 1 heterocycles. The fraction of sp³-hybridized carbons (Fsp3) is 0.464. The molecule has 0 spiro atoms. The Morgan fingerprint density at radius 1 is 1.24 bits per heavy atom. The molecule has 1 fully saturated rings. The van der Waals surface area contributed by atoms with Crippen LogP contribution in [-0.2, 0) is 20.2 Å². The van der Waals surface area contributed by atoms with Gasteiger partial charge in [0.1, 0.15) is 15.5 Å². The van der Waals surface area contributed by atoms with Crippen molar-refractivity contribution in [3.8, 4) is 0 Å². The van der Waals surface area contributed by atoms with Gasteiger partial charge in [-0.1, -0.05) is 55.6 Å². The lowest BCUT2D eigenvalue weighted by Gasteiger charge is -2.28. The number of rotatable bonds is 14. The second-order valence-electron chi connectivity index (χ2n) is 10.1. The number of hydrogen-bond donors (Lipinski definition) is 4. The summed E-state index contributed by atoms with van der Waals surface area (Å²) in [5.74, 6) is -5.38. The second-order valence-corrected chi connectivity index (χ2v) is 12.3. The largest absolute Gasteiger partial charge is 0.435 e. The molecule has 0 aliphatic carbocycles. The molecule has 3 amide bonds. The molecular weight excluding hydrogens is 579 g/mol. The number of carbonyl (C=O) groups is 3. The highest BCUT2D eigenvalue weighted by atomic mass is 35.5. The standard InChI is InChI=1S/C28H35ClF3N3O5Si/c1-2-3-10-23(26(38)34-22(16-36)14-18-11-12-33-25(18)37)41-35-27(39)40-24(17-6-4-9-21(30)13-17)28(31,32)19-7-5-8-20(29)15-19/h4-9,13,15,18,22-24,36H,2-3,10-12,14,16,41H2,1H3,(H,33,37)(H,34,38)(H,35,39)/t18-,22-,23-,24?/m0/s1. The summed E-state index contributed by atoms with van der Waals surface area (Å²) in [6.07, 6.45) is -0.563. The topological polar surface area (TPSA) is 117 Å². The number of aliphatic hydroxyl groups is 1. The van der Waals surface area contributed by atoms with Crippen LogP contribution < -0.4 is 15.6 Å². The highest BCUT2D eigenvalue weighted by Crippen LogP contribution is 2.43. The van der Waals surface area contributed by atoms with E-state index >= 15 is 8.78 Å². The average molecular weight is 614 g/mol. The number of unbranched alkanes of at least 4 members (excludes halogenated alkanes) is 1. The van der Waals surface area contributed by atoms with E-state index in [4.69, 9.17) is 16.3 Å².